The molecule has 0 aromatic heterocycles. The van der Waals surface area contributed by atoms with E-state index in [0.29, 0.717) is 17.4 Å². The summed E-state index contributed by atoms with van der Waals surface area (Å²) in [4.78, 5) is 51.8. The zero-order chi connectivity index (χ0) is 29.1. The second-order valence-corrected chi connectivity index (χ2v) is 9.95. The van der Waals surface area contributed by atoms with Crippen LogP contribution in [0.1, 0.15) is 47.8 Å². The highest BCUT2D eigenvalue weighted by Crippen LogP contribution is 2.56. The van der Waals surface area contributed by atoms with Crippen LogP contribution < -0.4 is 14.8 Å². The minimum absolute atomic E-state index is 0.0747. The number of ketones is 3. The van der Waals surface area contributed by atoms with E-state index in [0.717, 1.165) is 30.7 Å². The van der Waals surface area contributed by atoms with Gasteiger partial charge in [-0.2, -0.15) is 0 Å². The van der Waals surface area contributed by atoms with Crippen molar-refractivity contribution in [2.75, 3.05) is 7.11 Å². The van der Waals surface area contributed by atoms with Crippen LogP contribution in [0.3, 0.4) is 0 Å². The molecule has 0 saturated heterocycles. The number of nitrogens with one attached hydrogen (secondary N) is 1. The Hall–Kier alpha value is -4.60. The lowest BCUT2D eigenvalue weighted by Crippen LogP contribution is -2.47. The minimum Gasteiger partial charge on any atom is -0.507 e. The molecule has 5 rings (SSSR count). The molecule has 2 N–H and O–H groups in total. The van der Waals surface area contributed by atoms with Crippen molar-refractivity contribution in [2.24, 2.45) is 5.92 Å². The fraction of sp³-hybridized carbons (Fsp3) is 0.267. The fourth-order valence-corrected chi connectivity index (χ4v) is 5.64. The number of halogens is 2. The second-order valence-electron chi connectivity index (χ2n) is 9.95. The van der Waals surface area contributed by atoms with Crippen LogP contribution in [0.2, 0.25) is 0 Å². The molecule has 1 heterocycles. The quantitative estimate of drug-likeness (QED) is 0.442. The van der Waals surface area contributed by atoms with Gasteiger partial charge < -0.3 is 19.9 Å². The van der Waals surface area contributed by atoms with Gasteiger partial charge in [0.05, 0.1) is 12.7 Å². The minimum atomic E-state index is -1.71. The van der Waals surface area contributed by atoms with Crippen molar-refractivity contribution in [3.05, 3.63) is 76.1 Å². The Morgan fingerprint density at radius 1 is 1.18 bits per heavy atom. The number of hydrogen-bond donors (Lipinski definition) is 2. The Kier molecular flexibility index (Phi) is 6.44. The number of aromatic hydroxyl groups is 1. The van der Waals surface area contributed by atoms with E-state index in [1.807, 2.05) is 6.92 Å². The third-order valence-electron chi connectivity index (χ3n) is 7.64. The smallest absolute Gasteiger partial charge is 0.259 e. The van der Waals surface area contributed by atoms with Crippen LogP contribution >= 0.6 is 0 Å². The number of amides is 1. The van der Waals surface area contributed by atoms with Crippen molar-refractivity contribution in [1.82, 2.24) is 5.32 Å². The number of carbonyl (C=O) groups excluding carboxylic acids is 4. The summed E-state index contributed by atoms with van der Waals surface area (Å²) in [5, 5.41) is 14.1. The monoisotopic (exact) mass is 549 g/mol. The molecule has 0 fully saturated rings. The van der Waals surface area contributed by atoms with E-state index in [4.69, 9.17) is 9.47 Å². The van der Waals surface area contributed by atoms with Gasteiger partial charge in [-0.1, -0.05) is 19.1 Å². The zero-order valence-electron chi connectivity index (χ0n) is 22.1. The molecule has 3 aromatic rings. The Balaban J connectivity index is 1.60. The van der Waals surface area contributed by atoms with Crippen LogP contribution in [0.25, 0.3) is 10.8 Å². The van der Waals surface area contributed by atoms with Gasteiger partial charge in [-0.15, -0.1) is 0 Å². The van der Waals surface area contributed by atoms with Gasteiger partial charge in [0.25, 0.3) is 5.91 Å². The lowest BCUT2D eigenvalue weighted by Gasteiger charge is -2.30. The molecular weight excluding hydrogens is 524 g/mol. The van der Waals surface area contributed by atoms with Gasteiger partial charge in [-0.3, -0.25) is 19.2 Å². The molecule has 40 heavy (non-hydrogen) atoms. The molecule has 3 aromatic carbocycles. The molecule has 0 spiro atoms. The summed E-state index contributed by atoms with van der Waals surface area (Å²) in [5.41, 5.74) is -0.760. The van der Waals surface area contributed by atoms with Crippen molar-refractivity contribution >= 4 is 34.0 Å². The van der Waals surface area contributed by atoms with E-state index in [2.05, 4.69) is 5.32 Å². The summed E-state index contributed by atoms with van der Waals surface area (Å²) in [6.07, 6.45) is 1.55. The summed E-state index contributed by atoms with van der Waals surface area (Å²) >= 11 is 0. The Morgan fingerprint density at radius 2 is 1.90 bits per heavy atom. The SMILES string of the molecule is CCc1ccc2cc(F)cc(F)c2c1CNC(=O)c1c(OC)cc(O)c2c1OC1=CC(=O)C(C(C)=O)C(=O)[C@]12C. The van der Waals surface area contributed by atoms with E-state index < -0.39 is 52.0 Å². The maximum atomic E-state index is 14.9. The number of phenolic OH excluding ortho intramolecular Hbond substituents is 1. The summed E-state index contributed by atoms with van der Waals surface area (Å²) in [5.74, 6) is -6.82. The van der Waals surface area contributed by atoms with Crippen LogP contribution in [-0.2, 0) is 32.8 Å². The van der Waals surface area contributed by atoms with Crippen molar-refractivity contribution < 1.29 is 42.5 Å². The number of carbonyl (C=O) groups is 4. The van der Waals surface area contributed by atoms with Crippen LogP contribution in [0.5, 0.6) is 17.2 Å². The first kappa shape index (κ1) is 27.0. The number of aryl methyl sites for hydroxylation is 1. The molecule has 0 radical (unpaired) electrons. The summed E-state index contributed by atoms with van der Waals surface area (Å²) < 4.78 is 39.9. The van der Waals surface area contributed by atoms with E-state index in [9.17, 15) is 33.1 Å². The van der Waals surface area contributed by atoms with Gasteiger partial charge >= 0.3 is 0 Å². The van der Waals surface area contributed by atoms with Crippen molar-refractivity contribution in [2.45, 2.75) is 39.2 Å². The predicted octanol–water partition coefficient (Wildman–Crippen LogP) is 4.22. The number of ether oxygens (including phenoxy) is 2. The molecule has 0 saturated carbocycles. The lowest BCUT2D eigenvalue weighted by molar-refractivity contribution is -0.140. The van der Waals surface area contributed by atoms with E-state index in [-0.39, 0.29) is 40.3 Å². The zero-order valence-corrected chi connectivity index (χ0v) is 22.1. The van der Waals surface area contributed by atoms with Gasteiger partial charge in [0.15, 0.2) is 17.3 Å². The molecule has 2 atom stereocenters. The molecule has 1 aliphatic heterocycles. The van der Waals surface area contributed by atoms with Crippen molar-refractivity contribution in [3.8, 4) is 17.2 Å². The predicted molar refractivity (Wildman–Crippen MR) is 139 cm³/mol. The standard InChI is InChI=1S/C30H25F2NO7/c1-5-14-6-7-15-8-16(31)9-18(32)24(15)17(14)12-33-29(38)25-21(39-4)10-20(36)26-27(25)40-22-11-19(35)23(13(2)34)28(37)30(22,26)3/h6-11,23,36H,5,12H2,1-4H3,(H,33,38)/t23?,30-/m1/s1. The first-order valence-corrected chi connectivity index (χ1v) is 12.5. The third kappa shape index (κ3) is 3.85. The molecular formula is C30H25F2NO7. The number of methoxy groups -OCH3 is 1. The summed E-state index contributed by atoms with van der Waals surface area (Å²) in [6.45, 7) is 4.25. The van der Waals surface area contributed by atoms with Gasteiger partial charge in [0.1, 0.15) is 51.6 Å². The lowest BCUT2D eigenvalue weighted by atomic mass is 9.67. The number of benzene rings is 3. The Labute approximate surface area is 227 Å². The van der Waals surface area contributed by atoms with Crippen LogP contribution in [0, 0.1) is 17.6 Å². The van der Waals surface area contributed by atoms with E-state index in [1.54, 1.807) is 12.1 Å². The first-order valence-electron chi connectivity index (χ1n) is 12.5. The van der Waals surface area contributed by atoms with Gasteiger partial charge in [0.2, 0.25) is 0 Å². The second kappa shape index (κ2) is 9.55. The highest BCUT2D eigenvalue weighted by molar-refractivity contribution is 6.27. The van der Waals surface area contributed by atoms with Crippen molar-refractivity contribution in [3.63, 3.8) is 0 Å². The molecule has 206 valence electrons. The van der Waals surface area contributed by atoms with Crippen LogP contribution in [-0.4, -0.2) is 35.5 Å². The number of hydrogen-bond acceptors (Lipinski definition) is 7. The topological polar surface area (TPSA) is 119 Å². The number of rotatable bonds is 6. The summed E-state index contributed by atoms with van der Waals surface area (Å²) in [7, 11) is 1.27. The Bertz CT molecular complexity index is 1690. The number of fused-ring (bicyclic) bond motifs is 4. The van der Waals surface area contributed by atoms with Crippen LogP contribution in [0.4, 0.5) is 8.78 Å². The number of phenols is 1. The fourth-order valence-electron chi connectivity index (χ4n) is 5.64. The molecule has 8 nitrogen and oxygen atoms in total. The third-order valence-corrected chi connectivity index (χ3v) is 7.64. The maximum Gasteiger partial charge on any atom is 0.259 e. The maximum absolute atomic E-state index is 14.9. The average molecular weight is 550 g/mol. The molecule has 1 amide bonds. The molecule has 10 heteroatoms. The van der Waals surface area contributed by atoms with Gasteiger partial charge in [0, 0.05) is 30.1 Å². The number of allylic oxidation sites excluding steroid dienone is 2. The molecule has 0 bridgehead atoms. The number of Topliss-reactive ketones (excluding diaryl/α,β-unsaturated/α-hetero) is 2. The molecule has 1 aliphatic carbocycles. The van der Waals surface area contributed by atoms with E-state index in [1.165, 1.54) is 20.1 Å². The van der Waals surface area contributed by atoms with E-state index >= 15 is 0 Å². The van der Waals surface area contributed by atoms with Gasteiger partial charge in [-0.25, -0.2) is 8.78 Å². The highest BCUT2D eigenvalue weighted by Gasteiger charge is 2.58. The average Bonchev–Trinajstić information content (AvgIpc) is 3.19. The van der Waals surface area contributed by atoms with Crippen molar-refractivity contribution in [1.29, 1.82) is 0 Å². The van der Waals surface area contributed by atoms with Gasteiger partial charge in [-0.05, 0) is 42.8 Å². The molecule has 1 unspecified atom stereocenters. The summed E-state index contributed by atoms with van der Waals surface area (Å²) in [6, 6.07) is 6.47. The largest absolute Gasteiger partial charge is 0.507 e. The molecule has 2 aliphatic rings. The normalized spacial score (nSPS) is 19.6. The highest BCUT2D eigenvalue weighted by atomic mass is 19.1. The first-order chi connectivity index (χ1) is 18.9. The van der Waals surface area contributed by atoms with Crippen LogP contribution in [0.15, 0.2) is 42.2 Å². The Morgan fingerprint density at radius 3 is 2.55 bits per heavy atom.